The van der Waals surface area contributed by atoms with Gasteiger partial charge in [-0.15, -0.1) is 0 Å². The molecule has 1 aromatic rings. The normalized spacial score (nSPS) is 16.5. The van der Waals surface area contributed by atoms with E-state index in [0.29, 0.717) is 17.2 Å². The van der Waals surface area contributed by atoms with Crippen LogP contribution in [0.3, 0.4) is 0 Å². The predicted molar refractivity (Wildman–Crippen MR) is 88.5 cm³/mol. The lowest BCUT2D eigenvalue weighted by Gasteiger charge is -2.15. The summed E-state index contributed by atoms with van der Waals surface area (Å²) in [5, 5.41) is 16.7. The van der Waals surface area contributed by atoms with E-state index in [1.165, 1.54) is 6.08 Å². The lowest BCUT2D eigenvalue weighted by atomic mass is 10.0. The first kappa shape index (κ1) is 15.8. The number of allylic oxidation sites excluding steroid dienone is 2. The maximum absolute atomic E-state index is 8.82. The zero-order valence-electron chi connectivity index (χ0n) is 12.7. The van der Waals surface area contributed by atoms with Crippen LogP contribution in [-0.4, -0.2) is 29.7 Å². The van der Waals surface area contributed by atoms with Gasteiger partial charge in [0.15, 0.2) is 0 Å². The highest BCUT2D eigenvalue weighted by Crippen LogP contribution is 2.27. The van der Waals surface area contributed by atoms with Crippen LogP contribution >= 0.6 is 0 Å². The molecule has 0 unspecified atom stereocenters. The van der Waals surface area contributed by atoms with Crippen molar-refractivity contribution < 1.29 is 9.84 Å². The minimum Gasteiger partial charge on any atom is -0.489 e. The van der Waals surface area contributed by atoms with Gasteiger partial charge >= 0.3 is 0 Å². The van der Waals surface area contributed by atoms with Crippen LogP contribution < -0.4 is 11.5 Å². The molecule has 0 bridgehead atoms. The summed E-state index contributed by atoms with van der Waals surface area (Å²) in [6.07, 6.45) is 3.10. The van der Waals surface area contributed by atoms with Crippen molar-refractivity contribution in [2.24, 2.45) is 10.7 Å². The molecule has 0 saturated carbocycles. The molecule has 0 radical (unpaired) electrons. The number of nitrogens with two attached hydrogens (primary N) is 2. The monoisotopic (exact) mass is 300 g/mol. The van der Waals surface area contributed by atoms with Gasteiger partial charge in [-0.25, -0.2) is 4.99 Å². The number of aliphatic imine (C=N–C) groups is 1. The van der Waals surface area contributed by atoms with E-state index >= 15 is 0 Å². The van der Waals surface area contributed by atoms with E-state index in [0.717, 1.165) is 22.5 Å². The first-order chi connectivity index (χ1) is 10.4. The standard InChI is InChI=1S/C16H20N4O2/c1-9-10(2)14(4-3-11(9)17)20-15-8-16(22-6-5-21)13(19)7-12(15)18/h3-4,7-8,19,21H,5-6,17-18H2,1-2H3/b19-13?,20-15+. The third-order valence-electron chi connectivity index (χ3n) is 3.52. The maximum Gasteiger partial charge on any atom is 0.146 e. The smallest absolute Gasteiger partial charge is 0.146 e. The van der Waals surface area contributed by atoms with E-state index in [9.17, 15) is 0 Å². The summed E-state index contributed by atoms with van der Waals surface area (Å²) in [5.74, 6) is 0.340. The first-order valence-electron chi connectivity index (χ1n) is 6.90. The van der Waals surface area contributed by atoms with Gasteiger partial charge in [-0.1, -0.05) is 0 Å². The molecule has 0 aromatic heterocycles. The van der Waals surface area contributed by atoms with Crippen molar-refractivity contribution in [3.63, 3.8) is 0 Å². The Balaban J connectivity index is 2.41. The Morgan fingerprint density at radius 1 is 1.18 bits per heavy atom. The molecule has 0 saturated heterocycles. The Kier molecular flexibility index (Phi) is 4.62. The number of benzene rings is 1. The average molecular weight is 300 g/mol. The SMILES string of the molecule is Cc1c(N)ccc(/N=C2\C=C(OCCO)C(=N)C=C2N)c1C. The summed E-state index contributed by atoms with van der Waals surface area (Å²) in [4.78, 5) is 4.55. The Morgan fingerprint density at radius 2 is 1.91 bits per heavy atom. The molecule has 22 heavy (non-hydrogen) atoms. The van der Waals surface area contributed by atoms with Crippen LogP contribution in [-0.2, 0) is 4.74 Å². The summed E-state index contributed by atoms with van der Waals surface area (Å²) in [7, 11) is 0. The highest BCUT2D eigenvalue weighted by molar-refractivity contribution is 6.22. The first-order valence-corrected chi connectivity index (χ1v) is 6.90. The van der Waals surface area contributed by atoms with Gasteiger partial charge in [-0.05, 0) is 43.2 Å². The van der Waals surface area contributed by atoms with Gasteiger partial charge in [-0.3, -0.25) is 5.41 Å². The summed E-state index contributed by atoms with van der Waals surface area (Å²) in [6.45, 7) is 3.89. The highest BCUT2D eigenvalue weighted by Gasteiger charge is 2.16. The second-order valence-electron chi connectivity index (χ2n) is 5.01. The minimum atomic E-state index is -0.118. The summed E-state index contributed by atoms with van der Waals surface area (Å²) in [6, 6.07) is 3.64. The molecule has 116 valence electrons. The van der Waals surface area contributed by atoms with Crippen LogP contribution in [0.1, 0.15) is 11.1 Å². The number of aliphatic hydroxyl groups excluding tert-OH is 1. The zero-order chi connectivity index (χ0) is 16.3. The molecular weight excluding hydrogens is 280 g/mol. The third kappa shape index (κ3) is 3.17. The van der Waals surface area contributed by atoms with Crippen LogP contribution in [0.5, 0.6) is 0 Å². The van der Waals surface area contributed by atoms with E-state index in [-0.39, 0.29) is 18.9 Å². The number of hydrogen-bond acceptors (Lipinski definition) is 6. The molecule has 0 aliphatic heterocycles. The lowest BCUT2D eigenvalue weighted by molar-refractivity contribution is 0.156. The number of aliphatic hydroxyl groups is 1. The molecule has 0 heterocycles. The average Bonchev–Trinajstić information content (AvgIpc) is 2.49. The van der Waals surface area contributed by atoms with Crippen LogP contribution in [0.4, 0.5) is 11.4 Å². The number of ether oxygens (including phenoxy) is 1. The number of anilines is 1. The van der Waals surface area contributed by atoms with E-state index in [2.05, 4.69) is 4.99 Å². The maximum atomic E-state index is 8.82. The van der Waals surface area contributed by atoms with E-state index in [1.54, 1.807) is 12.1 Å². The van der Waals surface area contributed by atoms with Crippen LogP contribution in [0.2, 0.25) is 0 Å². The van der Waals surface area contributed by atoms with Crippen LogP contribution in [0, 0.1) is 19.3 Å². The van der Waals surface area contributed by atoms with Crippen molar-refractivity contribution in [2.75, 3.05) is 18.9 Å². The predicted octanol–water partition coefficient (Wildman–Crippen LogP) is 1.73. The third-order valence-corrected chi connectivity index (χ3v) is 3.52. The van der Waals surface area contributed by atoms with Crippen LogP contribution in [0.15, 0.2) is 40.7 Å². The van der Waals surface area contributed by atoms with E-state index < -0.39 is 0 Å². The molecule has 6 heteroatoms. The second kappa shape index (κ2) is 6.44. The van der Waals surface area contributed by atoms with E-state index in [1.807, 2.05) is 19.9 Å². The van der Waals surface area contributed by atoms with Crippen molar-refractivity contribution in [3.8, 4) is 0 Å². The van der Waals surface area contributed by atoms with Crippen LogP contribution in [0.25, 0.3) is 0 Å². The fourth-order valence-electron chi connectivity index (χ4n) is 2.04. The van der Waals surface area contributed by atoms with E-state index in [4.69, 9.17) is 26.7 Å². The molecule has 1 aliphatic carbocycles. The fraction of sp³-hybridized carbons (Fsp3) is 0.250. The Labute approximate surface area is 129 Å². The van der Waals surface area contributed by atoms with Gasteiger partial charge in [0.25, 0.3) is 0 Å². The molecule has 6 N–H and O–H groups in total. The number of rotatable bonds is 4. The van der Waals surface area contributed by atoms with Crippen molar-refractivity contribution in [1.82, 2.24) is 0 Å². The Hall–Kier alpha value is -2.60. The minimum absolute atomic E-state index is 0.118. The Bertz CT molecular complexity index is 702. The summed E-state index contributed by atoms with van der Waals surface area (Å²) < 4.78 is 5.32. The topological polar surface area (TPSA) is 118 Å². The highest BCUT2D eigenvalue weighted by atomic mass is 16.5. The van der Waals surface area contributed by atoms with Crippen molar-refractivity contribution in [2.45, 2.75) is 13.8 Å². The van der Waals surface area contributed by atoms with Crippen molar-refractivity contribution >= 4 is 22.8 Å². The van der Waals surface area contributed by atoms with Gasteiger partial charge in [-0.2, -0.15) is 0 Å². The number of nitrogens with zero attached hydrogens (tertiary/aromatic N) is 1. The quantitative estimate of drug-likeness (QED) is 0.500. The largest absolute Gasteiger partial charge is 0.489 e. The van der Waals surface area contributed by atoms with Crippen molar-refractivity contribution in [3.05, 3.63) is 46.9 Å². The molecule has 1 aromatic carbocycles. The molecule has 0 amide bonds. The van der Waals surface area contributed by atoms with Crippen molar-refractivity contribution in [1.29, 1.82) is 5.41 Å². The second-order valence-corrected chi connectivity index (χ2v) is 5.01. The van der Waals surface area contributed by atoms with Gasteiger partial charge in [0.05, 0.1) is 29.4 Å². The lowest BCUT2D eigenvalue weighted by Crippen LogP contribution is -2.20. The number of hydrogen-bond donors (Lipinski definition) is 4. The molecule has 2 rings (SSSR count). The zero-order valence-corrected chi connectivity index (χ0v) is 12.7. The molecule has 6 nitrogen and oxygen atoms in total. The number of nitrogens with one attached hydrogen (secondary N) is 1. The van der Waals surface area contributed by atoms with Gasteiger partial charge in [0.2, 0.25) is 0 Å². The summed E-state index contributed by atoms with van der Waals surface area (Å²) in [5.41, 5.74) is 16.4. The molecule has 0 fully saturated rings. The fourth-order valence-corrected chi connectivity index (χ4v) is 2.04. The summed E-state index contributed by atoms with van der Waals surface area (Å²) >= 11 is 0. The van der Waals surface area contributed by atoms with Gasteiger partial charge in [0, 0.05) is 11.8 Å². The molecule has 0 spiro atoms. The number of nitrogen functional groups attached to an aromatic ring is 1. The van der Waals surface area contributed by atoms with Gasteiger partial charge in [0.1, 0.15) is 12.4 Å². The molecule has 1 aliphatic rings. The molecular formula is C16H20N4O2. The van der Waals surface area contributed by atoms with Gasteiger partial charge < -0.3 is 21.3 Å². The molecule has 0 atom stereocenters. The Morgan fingerprint density at radius 3 is 2.59 bits per heavy atom.